The predicted octanol–water partition coefficient (Wildman–Crippen LogP) is 2.42. The van der Waals surface area contributed by atoms with Crippen molar-refractivity contribution in [2.75, 3.05) is 7.11 Å². The number of methoxy groups -OCH3 is 1. The smallest absolute Gasteiger partial charge is 0.481 e. The van der Waals surface area contributed by atoms with Crippen molar-refractivity contribution in [3.63, 3.8) is 0 Å². The molecule has 1 aromatic heterocycles. The predicted molar refractivity (Wildman–Crippen MR) is 48.4 cm³/mol. The molecule has 0 aliphatic heterocycles. The van der Waals surface area contributed by atoms with Crippen LogP contribution in [0.3, 0.4) is 0 Å². The zero-order chi connectivity index (χ0) is 13.9. The SMILES string of the molecule is COc1nc(C(F)F)c(OC(F)(F)F)cc1CO. The fourth-order valence-corrected chi connectivity index (χ4v) is 1.18. The Labute approximate surface area is 98.0 Å². The minimum absolute atomic E-state index is 0.193. The van der Waals surface area contributed by atoms with Gasteiger partial charge in [0.2, 0.25) is 5.88 Å². The maximum Gasteiger partial charge on any atom is 0.573 e. The van der Waals surface area contributed by atoms with Crippen molar-refractivity contribution in [1.82, 2.24) is 4.98 Å². The summed E-state index contributed by atoms with van der Waals surface area (Å²) in [6.07, 6.45) is -8.41. The quantitative estimate of drug-likeness (QED) is 0.856. The van der Waals surface area contributed by atoms with Crippen molar-refractivity contribution in [2.24, 2.45) is 0 Å². The molecular formula is C9H8F5NO3. The van der Waals surface area contributed by atoms with Gasteiger partial charge >= 0.3 is 6.36 Å². The van der Waals surface area contributed by atoms with Gasteiger partial charge in [-0.25, -0.2) is 13.8 Å². The van der Waals surface area contributed by atoms with Crippen LogP contribution in [0.25, 0.3) is 0 Å². The molecule has 0 radical (unpaired) electrons. The lowest BCUT2D eigenvalue weighted by Gasteiger charge is -2.15. The van der Waals surface area contributed by atoms with Crippen molar-refractivity contribution < 1.29 is 36.5 Å². The van der Waals surface area contributed by atoms with Crippen LogP contribution in [0.2, 0.25) is 0 Å². The van der Waals surface area contributed by atoms with Crippen LogP contribution in [0.1, 0.15) is 17.7 Å². The maximum atomic E-state index is 12.5. The van der Waals surface area contributed by atoms with Crippen LogP contribution in [0.15, 0.2) is 6.07 Å². The molecule has 0 fully saturated rings. The third-order valence-corrected chi connectivity index (χ3v) is 1.85. The summed E-state index contributed by atoms with van der Waals surface area (Å²) in [5.41, 5.74) is -1.40. The Bertz CT molecular complexity index is 421. The summed E-state index contributed by atoms with van der Waals surface area (Å²) in [5.74, 6) is -1.55. The van der Waals surface area contributed by atoms with Crippen molar-refractivity contribution in [3.8, 4) is 11.6 Å². The van der Waals surface area contributed by atoms with Crippen molar-refractivity contribution in [3.05, 3.63) is 17.3 Å². The van der Waals surface area contributed by atoms with Gasteiger partial charge < -0.3 is 14.6 Å². The monoisotopic (exact) mass is 273 g/mol. The zero-order valence-corrected chi connectivity index (χ0v) is 8.96. The molecular weight excluding hydrogens is 265 g/mol. The Kier molecular flexibility index (Phi) is 4.28. The average Bonchev–Trinajstić information content (AvgIpc) is 2.25. The molecule has 0 saturated heterocycles. The molecule has 0 unspecified atom stereocenters. The van der Waals surface area contributed by atoms with E-state index in [4.69, 9.17) is 5.11 Å². The lowest BCUT2D eigenvalue weighted by Crippen LogP contribution is -2.19. The number of hydrogen-bond acceptors (Lipinski definition) is 4. The van der Waals surface area contributed by atoms with Crippen LogP contribution < -0.4 is 9.47 Å². The van der Waals surface area contributed by atoms with E-state index in [9.17, 15) is 22.0 Å². The molecule has 1 heterocycles. The van der Waals surface area contributed by atoms with E-state index in [0.717, 1.165) is 7.11 Å². The van der Waals surface area contributed by atoms with E-state index >= 15 is 0 Å². The Morgan fingerprint density at radius 2 is 2.00 bits per heavy atom. The second-order valence-electron chi connectivity index (χ2n) is 3.05. The Morgan fingerprint density at radius 1 is 1.39 bits per heavy atom. The number of aliphatic hydroxyl groups excluding tert-OH is 1. The molecule has 18 heavy (non-hydrogen) atoms. The second kappa shape index (κ2) is 5.34. The standard InChI is InChI=1S/C9H8F5NO3/c1-17-8-4(3-16)2-5(18-9(12,13)14)6(15-8)7(10)11/h2,7,16H,3H2,1H3. The van der Waals surface area contributed by atoms with Crippen molar-refractivity contribution in [2.45, 2.75) is 19.4 Å². The molecule has 102 valence electrons. The van der Waals surface area contributed by atoms with E-state index < -0.39 is 30.8 Å². The molecule has 0 atom stereocenters. The first-order valence-corrected chi connectivity index (χ1v) is 4.51. The van der Waals surface area contributed by atoms with Gasteiger partial charge in [-0.05, 0) is 6.07 Å². The third kappa shape index (κ3) is 3.42. The highest BCUT2D eigenvalue weighted by atomic mass is 19.4. The number of halogens is 5. The summed E-state index contributed by atoms with van der Waals surface area (Å²) in [6, 6.07) is 0.612. The fourth-order valence-electron chi connectivity index (χ4n) is 1.18. The normalized spacial score (nSPS) is 11.8. The summed E-state index contributed by atoms with van der Waals surface area (Å²) in [6.45, 7) is -0.728. The second-order valence-corrected chi connectivity index (χ2v) is 3.05. The Morgan fingerprint density at radius 3 is 2.39 bits per heavy atom. The summed E-state index contributed by atoms with van der Waals surface area (Å²) >= 11 is 0. The highest BCUT2D eigenvalue weighted by Gasteiger charge is 2.34. The minimum Gasteiger partial charge on any atom is -0.481 e. The third-order valence-electron chi connectivity index (χ3n) is 1.85. The van der Waals surface area contributed by atoms with Gasteiger partial charge in [0, 0.05) is 5.56 Å². The number of aromatic nitrogens is 1. The summed E-state index contributed by atoms with van der Waals surface area (Å²) < 4.78 is 69.1. The lowest BCUT2D eigenvalue weighted by atomic mass is 10.2. The zero-order valence-electron chi connectivity index (χ0n) is 8.96. The van der Waals surface area contributed by atoms with Crippen LogP contribution in [0.4, 0.5) is 22.0 Å². The van der Waals surface area contributed by atoms with E-state index in [0.29, 0.717) is 6.07 Å². The number of alkyl halides is 5. The molecule has 0 spiro atoms. The molecule has 4 nitrogen and oxygen atoms in total. The van der Waals surface area contributed by atoms with E-state index in [-0.39, 0.29) is 11.4 Å². The highest BCUT2D eigenvalue weighted by Crippen LogP contribution is 2.35. The average molecular weight is 273 g/mol. The maximum absolute atomic E-state index is 12.5. The minimum atomic E-state index is -5.13. The van der Waals surface area contributed by atoms with Crippen LogP contribution in [0.5, 0.6) is 11.6 Å². The van der Waals surface area contributed by atoms with E-state index in [1.165, 1.54) is 0 Å². The first-order valence-electron chi connectivity index (χ1n) is 4.51. The Balaban J connectivity index is 3.29. The Hall–Kier alpha value is -1.64. The van der Waals surface area contributed by atoms with Gasteiger partial charge in [-0.2, -0.15) is 0 Å². The lowest BCUT2D eigenvalue weighted by molar-refractivity contribution is -0.275. The number of hydrogen-bond donors (Lipinski definition) is 1. The molecule has 0 saturated carbocycles. The van der Waals surface area contributed by atoms with E-state index in [1.54, 1.807) is 0 Å². The number of nitrogens with zero attached hydrogens (tertiary/aromatic N) is 1. The van der Waals surface area contributed by atoms with Crippen LogP contribution in [-0.4, -0.2) is 23.6 Å². The highest BCUT2D eigenvalue weighted by molar-refractivity contribution is 5.39. The number of rotatable bonds is 4. The molecule has 0 amide bonds. The molecule has 1 aromatic rings. The van der Waals surface area contributed by atoms with Gasteiger partial charge in [0.15, 0.2) is 11.4 Å². The number of aliphatic hydroxyl groups is 1. The molecule has 0 aromatic carbocycles. The summed E-state index contributed by atoms with van der Waals surface area (Å²) in [7, 11) is 1.08. The number of ether oxygens (including phenoxy) is 2. The van der Waals surface area contributed by atoms with Gasteiger partial charge in [0.1, 0.15) is 0 Å². The van der Waals surface area contributed by atoms with Crippen LogP contribution in [-0.2, 0) is 6.61 Å². The molecule has 9 heteroatoms. The van der Waals surface area contributed by atoms with E-state index in [1.807, 2.05) is 0 Å². The molecule has 0 aliphatic carbocycles. The fraction of sp³-hybridized carbons (Fsp3) is 0.444. The van der Waals surface area contributed by atoms with Gasteiger partial charge in [-0.1, -0.05) is 0 Å². The molecule has 0 aliphatic rings. The molecule has 0 bridgehead atoms. The molecule has 1 rings (SSSR count). The van der Waals surface area contributed by atoms with Crippen LogP contribution >= 0.6 is 0 Å². The van der Waals surface area contributed by atoms with Crippen molar-refractivity contribution in [1.29, 1.82) is 0 Å². The first kappa shape index (κ1) is 14.4. The largest absolute Gasteiger partial charge is 0.573 e. The first-order chi connectivity index (χ1) is 8.28. The summed E-state index contributed by atoms with van der Waals surface area (Å²) in [5, 5.41) is 8.86. The van der Waals surface area contributed by atoms with Crippen molar-refractivity contribution >= 4 is 0 Å². The van der Waals surface area contributed by atoms with Gasteiger partial charge in [-0.15, -0.1) is 13.2 Å². The van der Waals surface area contributed by atoms with Gasteiger partial charge in [0.05, 0.1) is 13.7 Å². The van der Waals surface area contributed by atoms with E-state index in [2.05, 4.69) is 14.5 Å². The van der Waals surface area contributed by atoms with Gasteiger partial charge in [0.25, 0.3) is 6.43 Å². The summed E-state index contributed by atoms with van der Waals surface area (Å²) in [4.78, 5) is 3.19. The van der Waals surface area contributed by atoms with Crippen LogP contribution in [0, 0.1) is 0 Å². The molecule has 1 N–H and O–H groups in total. The number of pyridine rings is 1. The topological polar surface area (TPSA) is 51.6 Å². The van der Waals surface area contributed by atoms with Gasteiger partial charge in [-0.3, -0.25) is 0 Å².